The molecule has 1 atom stereocenters. The number of hydrogen-bond acceptors (Lipinski definition) is 2. The molecule has 4 heteroatoms. The van der Waals surface area contributed by atoms with E-state index in [-0.39, 0.29) is 11.8 Å². The van der Waals surface area contributed by atoms with Crippen LogP contribution in [0.4, 0.5) is 0 Å². The molecule has 0 aliphatic heterocycles. The minimum atomic E-state index is 0.0833. The molecule has 3 N–H and O–H groups in total. The summed E-state index contributed by atoms with van der Waals surface area (Å²) in [7, 11) is 0. The highest BCUT2D eigenvalue weighted by atomic mass is 35.5. The van der Waals surface area contributed by atoms with E-state index in [0.29, 0.717) is 24.5 Å². The first-order chi connectivity index (χ1) is 8.17. The second-order valence-corrected chi connectivity index (χ2v) is 4.41. The van der Waals surface area contributed by atoms with Gasteiger partial charge in [0.1, 0.15) is 0 Å². The topological polar surface area (TPSA) is 55.1 Å². The summed E-state index contributed by atoms with van der Waals surface area (Å²) >= 11 is 5.83. The third kappa shape index (κ3) is 4.75. The second kappa shape index (κ2) is 7.30. The first kappa shape index (κ1) is 14.0. The first-order valence-electron chi connectivity index (χ1n) is 5.89. The van der Waals surface area contributed by atoms with Crippen LogP contribution in [0.25, 0.3) is 0 Å². The molecule has 0 spiro atoms. The van der Waals surface area contributed by atoms with Gasteiger partial charge in [-0.1, -0.05) is 23.7 Å². The average molecular weight is 255 g/mol. The standard InChI is InChI=1S/C13H19ClN2O/c1-2-16-13(17)8-5-11(9-15)10-3-6-12(14)7-4-10/h3-4,6-7,11H,2,5,8-9,15H2,1H3,(H,16,17). The number of nitrogens with one attached hydrogen (secondary N) is 1. The third-order valence-electron chi connectivity index (χ3n) is 2.72. The average Bonchev–Trinajstić information content (AvgIpc) is 2.32. The van der Waals surface area contributed by atoms with E-state index in [1.165, 1.54) is 0 Å². The van der Waals surface area contributed by atoms with E-state index < -0.39 is 0 Å². The molecule has 1 unspecified atom stereocenters. The Bertz CT molecular complexity index is 351. The minimum absolute atomic E-state index is 0.0833. The monoisotopic (exact) mass is 254 g/mol. The Hall–Kier alpha value is -1.06. The van der Waals surface area contributed by atoms with Crippen LogP contribution in [0.5, 0.6) is 0 Å². The predicted molar refractivity (Wildman–Crippen MR) is 71.2 cm³/mol. The van der Waals surface area contributed by atoms with Crippen molar-refractivity contribution in [3.63, 3.8) is 0 Å². The van der Waals surface area contributed by atoms with Crippen molar-refractivity contribution >= 4 is 17.5 Å². The third-order valence-corrected chi connectivity index (χ3v) is 2.97. The highest BCUT2D eigenvalue weighted by Crippen LogP contribution is 2.21. The molecule has 17 heavy (non-hydrogen) atoms. The summed E-state index contributed by atoms with van der Waals surface area (Å²) in [6, 6.07) is 7.65. The molecule has 0 saturated carbocycles. The van der Waals surface area contributed by atoms with Crippen LogP contribution in [0.15, 0.2) is 24.3 Å². The highest BCUT2D eigenvalue weighted by Gasteiger charge is 2.11. The van der Waals surface area contributed by atoms with Crippen molar-refractivity contribution in [3.05, 3.63) is 34.9 Å². The van der Waals surface area contributed by atoms with E-state index in [9.17, 15) is 4.79 Å². The van der Waals surface area contributed by atoms with Gasteiger partial charge in [0.15, 0.2) is 0 Å². The van der Waals surface area contributed by atoms with Gasteiger partial charge >= 0.3 is 0 Å². The zero-order valence-corrected chi connectivity index (χ0v) is 10.8. The lowest BCUT2D eigenvalue weighted by atomic mass is 9.94. The van der Waals surface area contributed by atoms with Gasteiger partial charge in [-0.15, -0.1) is 0 Å². The van der Waals surface area contributed by atoms with Crippen LogP contribution in [0.2, 0.25) is 5.02 Å². The normalized spacial score (nSPS) is 12.2. The minimum Gasteiger partial charge on any atom is -0.356 e. The van der Waals surface area contributed by atoms with Crippen LogP contribution in [0.3, 0.4) is 0 Å². The summed E-state index contributed by atoms with van der Waals surface area (Å²) in [6.07, 6.45) is 1.28. The van der Waals surface area contributed by atoms with Gasteiger partial charge in [-0.2, -0.15) is 0 Å². The lowest BCUT2D eigenvalue weighted by Gasteiger charge is -2.14. The maximum absolute atomic E-state index is 11.4. The fourth-order valence-corrected chi connectivity index (χ4v) is 1.87. The molecule has 0 fully saturated rings. The van der Waals surface area contributed by atoms with Crippen LogP contribution >= 0.6 is 11.6 Å². The predicted octanol–water partition coefficient (Wildman–Crippen LogP) is 2.30. The van der Waals surface area contributed by atoms with Gasteiger partial charge in [0, 0.05) is 18.0 Å². The highest BCUT2D eigenvalue weighted by molar-refractivity contribution is 6.30. The number of amides is 1. The number of nitrogens with two attached hydrogens (primary N) is 1. The van der Waals surface area contributed by atoms with Crippen molar-refractivity contribution in [2.75, 3.05) is 13.1 Å². The summed E-state index contributed by atoms with van der Waals surface area (Å²) < 4.78 is 0. The Labute approximate surface area is 107 Å². The van der Waals surface area contributed by atoms with E-state index in [0.717, 1.165) is 12.0 Å². The van der Waals surface area contributed by atoms with Crippen LogP contribution in [0.1, 0.15) is 31.2 Å². The summed E-state index contributed by atoms with van der Waals surface area (Å²) in [6.45, 7) is 3.13. The number of halogens is 1. The van der Waals surface area contributed by atoms with Crippen LogP contribution in [0, 0.1) is 0 Å². The molecule has 0 bridgehead atoms. The second-order valence-electron chi connectivity index (χ2n) is 3.98. The summed E-state index contributed by atoms with van der Waals surface area (Å²) in [5, 5.41) is 3.50. The van der Waals surface area contributed by atoms with Crippen LogP contribution in [-0.4, -0.2) is 19.0 Å². The zero-order chi connectivity index (χ0) is 12.7. The van der Waals surface area contributed by atoms with Crippen molar-refractivity contribution in [1.29, 1.82) is 0 Å². The zero-order valence-electron chi connectivity index (χ0n) is 10.1. The molecule has 1 aromatic carbocycles. The van der Waals surface area contributed by atoms with Crippen molar-refractivity contribution in [3.8, 4) is 0 Å². The fourth-order valence-electron chi connectivity index (χ4n) is 1.75. The van der Waals surface area contributed by atoms with Gasteiger partial charge in [0.2, 0.25) is 5.91 Å². The molecule has 1 aromatic rings. The maximum atomic E-state index is 11.4. The quantitative estimate of drug-likeness (QED) is 0.819. The number of carbonyl (C=O) groups excluding carboxylic acids is 1. The molecular weight excluding hydrogens is 236 g/mol. The maximum Gasteiger partial charge on any atom is 0.220 e. The molecular formula is C13H19ClN2O. The molecule has 1 amide bonds. The molecule has 0 radical (unpaired) electrons. The molecule has 3 nitrogen and oxygen atoms in total. The molecule has 0 aliphatic carbocycles. The van der Waals surface area contributed by atoms with E-state index in [1.807, 2.05) is 31.2 Å². The number of benzene rings is 1. The molecule has 0 aliphatic rings. The molecule has 0 heterocycles. The summed E-state index contributed by atoms with van der Waals surface area (Å²) in [5.74, 6) is 0.301. The Balaban J connectivity index is 2.54. The number of carbonyl (C=O) groups is 1. The van der Waals surface area contributed by atoms with E-state index in [2.05, 4.69) is 5.32 Å². The fraction of sp³-hybridized carbons (Fsp3) is 0.462. The SMILES string of the molecule is CCNC(=O)CCC(CN)c1ccc(Cl)cc1. The smallest absolute Gasteiger partial charge is 0.220 e. The van der Waals surface area contributed by atoms with Gasteiger partial charge in [0.25, 0.3) is 0 Å². The summed E-state index contributed by atoms with van der Waals surface area (Å²) in [5.41, 5.74) is 6.88. The van der Waals surface area contributed by atoms with E-state index in [4.69, 9.17) is 17.3 Å². The van der Waals surface area contributed by atoms with E-state index >= 15 is 0 Å². The van der Waals surface area contributed by atoms with Crippen molar-refractivity contribution < 1.29 is 4.79 Å². The molecule has 0 saturated heterocycles. The van der Waals surface area contributed by atoms with Crippen molar-refractivity contribution in [2.45, 2.75) is 25.7 Å². The number of hydrogen-bond donors (Lipinski definition) is 2. The van der Waals surface area contributed by atoms with Crippen LogP contribution < -0.4 is 11.1 Å². The lowest BCUT2D eigenvalue weighted by Crippen LogP contribution is -2.24. The van der Waals surface area contributed by atoms with Gasteiger partial charge in [0.05, 0.1) is 0 Å². The van der Waals surface area contributed by atoms with Crippen LogP contribution in [-0.2, 0) is 4.79 Å². The van der Waals surface area contributed by atoms with Gasteiger partial charge in [-0.3, -0.25) is 4.79 Å². The molecule has 94 valence electrons. The Kier molecular flexibility index (Phi) is 6.01. The first-order valence-corrected chi connectivity index (χ1v) is 6.27. The summed E-state index contributed by atoms with van der Waals surface area (Å²) in [4.78, 5) is 11.4. The van der Waals surface area contributed by atoms with E-state index in [1.54, 1.807) is 0 Å². The lowest BCUT2D eigenvalue weighted by molar-refractivity contribution is -0.121. The van der Waals surface area contributed by atoms with Crippen molar-refractivity contribution in [2.24, 2.45) is 5.73 Å². The Morgan fingerprint density at radius 2 is 2.06 bits per heavy atom. The van der Waals surface area contributed by atoms with Gasteiger partial charge in [-0.05, 0) is 43.5 Å². The Morgan fingerprint density at radius 3 is 2.59 bits per heavy atom. The largest absolute Gasteiger partial charge is 0.356 e. The molecule has 0 aromatic heterocycles. The van der Waals surface area contributed by atoms with Gasteiger partial charge in [-0.25, -0.2) is 0 Å². The Morgan fingerprint density at radius 1 is 1.41 bits per heavy atom. The number of rotatable bonds is 6. The molecule has 1 rings (SSSR count). The van der Waals surface area contributed by atoms with Crippen molar-refractivity contribution in [1.82, 2.24) is 5.32 Å². The van der Waals surface area contributed by atoms with Gasteiger partial charge < -0.3 is 11.1 Å².